The normalized spacial score (nSPS) is 7.25. The molecule has 0 aliphatic carbocycles. The fourth-order valence-electron chi connectivity index (χ4n) is 0. The van der Waals surface area contributed by atoms with Gasteiger partial charge >= 0.3 is 59.3 Å². The number of hydrogen-bond acceptors (Lipinski definition) is 2. The summed E-state index contributed by atoms with van der Waals surface area (Å²) in [5, 5.41) is 0. The maximum atomic E-state index is 8.74. The molecule has 0 saturated heterocycles. The molecule has 4 N–H and O–H groups in total. The second-order valence-electron chi connectivity index (χ2n) is 0.448. The van der Waals surface area contributed by atoms with Crippen LogP contribution in [0, 0.1) is 0 Å². The fourth-order valence-corrected chi connectivity index (χ4v) is 0. The van der Waals surface area contributed by atoms with Gasteiger partial charge in [-0.2, -0.15) is 8.42 Å². The summed E-state index contributed by atoms with van der Waals surface area (Å²) in [6.45, 7) is 0. The number of rotatable bonds is 0. The minimum absolute atomic E-state index is 0. The van der Waals surface area contributed by atoms with Gasteiger partial charge in [0.2, 0.25) is 0 Å². The Balaban J connectivity index is -0.0000000267. The summed E-state index contributed by atoms with van der Waals surface area (Å²) in [5.41, 5.74) is 0. The summed E-state index contributed by atoms with van der Waals surface area (Å²) in [6, 6.07) is 0. The van der Waals surface area contributed by atoms with Gasteiger partial charge in [-0.3, -0.25) is 9.11 Å². The molecule has 0 amide bonds. The molecule has 0 saturated carbocycles. The Labute approximate surface area is 97.9 Å². The van der Waals surface area contributed by atoms with E-state index in [1.165, 1.54) is 0 Å². The third kappa shape index (κ3) is 102. The van der Waals surface area contributed by atoms with Crippen LogP contribution in [0.2, 0.25) is 0 Å². The van der Waals surface area contributed by atoms with Crippen molar-refractivity contribution in [2.24, 2.45) is 0 Å². The Morgan fingerprint density at radius 3 is 1.12 bits per heavy atom. The van der Waals surface area contributed by atoms with Gasteiger partial charge in [0.05, 0.1) is 0 Å². The zero-order valence-electron chi connectivity index (χ0n) is 2.62. The molecule has 8 heteroatoms. The van der Waals surface area contributed by atoms with Crippen molar-refractivity contribution in [3.8, 4) is 0 Å². The molecular weight excluding hydrogens is 276 g/mol. The van der Waals surface area contributed by atoms with Crippen LogP contribution in [-0.4, -0.2) is 89.2 Å². The van der Waals surface area contributed by atoms with Gasteiger partial charge < -0.3 is 5.48 Å². The van der Waals surface area contributed by atoms with E-state index in [1.807, 2.05) is 0 Å². The van der Waals surface area contributed by atoms with Crippen LogP contribution in [0.1, 0.15) is 0 Å². The van der Waals surface area contributed by atoms with Gasteiger partial charge in [-0.15, -0.1) is 0 Å². The van der Waals surface area contributed by atoms with Gasteiger partial charge in [0.1, 0.15) is 0 Å². The molecule has 0 heterocycles. The average molecular weight is 285 g/mol. The van der Waals surface area contributed by atoms with E-state index in [1.54, 1.807) is 0 Å². The molecule has 50 valence electrons. The first kappa shape index (κ1) is 22.5. The van der Waals surface area contributed by atoms with E-state index in [9.17, 15) is 0 Å². The predicted molar refractivity (Wildman–Crippen MR) is 36.3 cm³/mol. The second-order valence-corrected chi connectivity index (χ2v) is 1.34. The van der Waals surface area contributed by atoms with Crippen LogP contribution >= 0.6 is 0 Å². The Hall–Kier alpha value is 1.93. The molecule has 0 radical (unpaired) electrons. The summed E-state index contributed by atoms with van der Waals surface area (Å²) in [4.78, 5) is 0. The maximum absolute atomic E-state index is 8.74. The molecule has 0 fully saturated rings. The van der Waals surface area contributed by atoms with Crippen LogP contribution < -0.4 is 0 Å². The van der Waals surface area contributed by atoms with Crippen LogP contribution in [0.3, 0.4) is 0 Å². The second kappa shape index (κ2) is 8.93. The molecule has 5 nitrogen and oxygen atoms in total. The van der Waals surface area contributed by atoms with Gasteiger partial charge in [0.25, 0.3) is 0 Å². The van der Waals surface area contributed by atoms with Crippen molar-refractivity contribution in [2.75, 3.05) is 0 Å². The van der Waals surface area contributed by atoms with Crippen LogP contribution in [0.25, 0.3) is 0 Å². The van der Waals surface area contributed by atoms with Crippen molar-refractivity contribution in [1.29, 1.82) is 0 Å². The molecule has 0 aromatic carbocycles. The molecule has 0 atom stereocenters. The van der Waals surface area contributed by atoms with E-state index in [-0.39, 0.29) is 71.7 Å². The van der Waals surface area contributed by atoms with Gasteiger partial charge in [-0.25, -0.2) is 0 Å². The summed E-state index contributed by atoms with van der Waals surface area (Å²) in [7, 11) is -4.67. The van der Waals surface area contributed by atoms with Crippen LogP contribution in [-0.2, 0) is 10.4 Å². The van der Waals surface area contributed by atoms with Crippen molar-refractivity contribution >= 4 is 76.6 Å². The molecule has 0 aliphatic heterocycles. The van der Waals surface area contributed by atoms with Crippen LogP contribution in [0.15, 0.2) is 0 Å². The van der Waals surface area contributed by atoms with Crippen molar-refractivity contribution in [3.63, 3.8) is 0 Å². The van der Waals surface area contributed by atoms with Crippen molar-refractivity contribution < 1.29 is 23.0 Å². The molecular formula is H9AlBaO5S. The van der Waals surface area contributed by atoms with Crippen molar-refractivity contribution in [2.45, 2.75) is 0 Å². The van der Waals surface area contributed by atoms with Gasteiger partial charge in [0.15, 0.2) is 17.4 Å². The quantitative estimate of drug-likeness (QED) is 0.354. The summed E-state index contributed by atoms with van der Waals surface area (Å²) >= 11 is 0. The van der Waals surface area contributed by atoms with Gasteiger partial charge in [-0.1, -0.05) is 0 Å². The van der Waals surface area contributed by atoms with E-state index < -0.39 is 10.4 Å². The first-order valence-corrected chi connectivity index (χ1v) is 2.10. The van der Waals surface area contributed by atoms with Gasteiger partial charge in [-0.05, 0) is 0 Å². The van der Waals surface area contributed by atoms with Crippen molar-refractivity contribution in [3.05, 3.63) is 0 Å². The molecule has 0 spiro atoms. The number of hydrogen-bond donors (Lipinski definition) is 2. The zero-order valence-corrected chi connectivity index (χ0v) is 3.44. The SMILES string of the molecule is O.O=S(=O)(O)O.[AlH3].[BaH2]. The molecule has 0 aliphatic rings. The Kier molecular flexibility index (Phi) is 25.1. The van der Waals surface area contributed by atoms with E-state index in [0.717, 1.165) is 0 Å². The molecule has 0 bridgehead atoms. The van der Waals surface area contributed by atoms with Gasteiger partial charge in [0, 0.05) is 0 Å². The average Bonchev–Trinajstić information content (AvgIpc) is 0.722. The van der Waals surface area contributed by atoms with E-state index >= 15 is 0 Å². The summed E-state index contributed by atoms with van der Waals surface area (Å²) < 4.78 is 31.6. The zero-order chi connectivity index (χ0) is 4.50. The first-order chi connectivity index (χ1) is 2.00. The van der Waals surface area contributed by atoms with Crippen LogP contribution in [0.5, 0.6) is 0 Å². The minimum atomic E-state index is -4.67. The standard InChI is InChI=1S/Al.Ba.H2O4S.H2O.5H/c;;1-5(2,3)4;;;;;;/h;;(H2,1,2,3,4);1H2;;;;;. The van der Waals surface area contributed by atoms with Crippen molar-refractivity contribution in [1.82, 2.24) is 0 Å². The monoisotopic (exact) mass is 286 g/mol. The summed E-state index contributed by atoms with van der Waals surface area (Å²) in [6.07, 6.45) is 0. The van der Waals surface area contributed by atoms with Crippen LogP contribution in [0.4, 0.5) is 0 Å². The third-order valence-corrected chi connectivity index (χ3v) is 0. The first-order valence-electron chi connectivity index (χ1n) is 0.698. The molecule has 0 unspecified atom stereocenters. The fraction of sp³-hybridized carbons (Fsp3) is 0. The van der Waals surface area contributed by atoms with E-state index in [4.69, 9.17) is 17.5 Å². The predicted octanol–water partition coefficient (Wildman–Crippen LogP) is -3.58. The third-order valence-electron chi connectivity index (χ3n) is 0. The van der Waals surface area contributed by atoms with E-state index in [2.05, 4.69) is 0 Å². The topological polar surface area (TPSA) is 106 Å². The summed E-state index contributed by atoms with van der Waals surface area (Å²) in [5.74, 6) is 0. The Morgan fingerprint density at radius 2 is 1.12 bits per heavy atom. The van der Waals surface area contributed by atoms with E-state index in [0.29, 0.717) is 0 Å². The molecule has 8 heavy (non-hydrogen) atoms. The molecule has 0 aromatic heterocycles. The molecule has 0 aromatic rings. The Bertz CT molecular complexity index is 95.6. The molecule has 0 rings (SSSR count). The Morgan fingerprint density at radius 1 is 1.12 bits per heavy atom.